The highest BCUT2D eigenvalue weighted by atomic mass is 15.3. The third-order valence-corrected chi connectivity index (χ3v) is 5.29. The van der Waals surface area contributed by atoms with Crippen LogP contribution in [0.2, 0.25) is 0 Å². The van der Waals surface area contributed by atoms with E-state index in [4.69, 9.17) is 0 Å². The molecule has 0 spiro atoms. The Hall–Kier alpha value is -0.0800. The average molecular weight is 252 g/mol. The van der Waals surface area contributed by atoms with Gasteiger partial charge in [0.2, 0.25) is 0 Å². The van der Waals surface area contributed by atoms with Gasteiger partial charge in [-0.1, -0.05) is 27.7 Å². The maximum absolute atomic E-state index is 3.86. The van der Waals surface area contributed by atoms with Crippen LogP contribution in [0.4, 0.5) is 0 Å². The Balaban J connectivity index is 2.11. The summed E-state index contributed by atoms with van der Waals surface area (Å²) in [7, 11) is 0. The van der Waals surface area contributed by atoms with E-state index in [-0.39, 0.29) is 0 Å². The van der Waals surface area contributed by atoms with Crippen molar-refractivity contribution in [2.45, 2.75) is 77.9 Å². The summed E-state index contributed by atoms with van der Waals surface area (Å²) >= 11 is 0. The molecule has 0 aromatic carbocycles. The van der Waals surface area contributed by atoms with Crippen molar-refractivity contribution in [2.24, 2.45) is 11.8 Å². The molecule has 1 aliphatic heterocycles. The van der Waals surface area contributed by atoms with Crippen LogP contribution in [-0.4, -0.2) is 35.6 Å². The van der Waals surface area contributed by atoms with E-state index in [9.17, 15) is 0 Å². The number of rotatable bonds is 5. The SMILES string of the molecule is CCC1CNC(C)(C2CC2)CN1C(CC)C(C)C. The molecule has 0 bridgehead atoms. The van der Waals surface area contributed by atoms with Crippen LogP contribution in [0.3, 0.4) is 0 Å². The standard InChI is InChI=1S/C16H32N2/c1-6-14-10-17-16(5,13-8-9-13)11-18(14)15(7-2)12(3)4/h12-15,17H,6-11H2,1-5H3. The van der Waals surface area contributed by atoms with Gasteiger partial charge in [0, 0.05) is 30.7 Å². The van der Waals surface area contributed by atoms with E-state index >= 15 is 0 Å². The van der Waals surface area contributed by atoms with Gasteiger partial charge in [0.1, 0.15) is 0 Å². The van der Waals surface area contributed by atoms with Crippen LogP contribution in [0.15, 0.2) is 0 Å². The molecular formula is C16H32N2. The topological polar surface area (TPSA) is 15.3 Å². The largest absolute Gasteiger partial charge is 0.308 e. The first-order valence-corrected chi connectivity index (χ1v) is 8.02. The molecule has 0 amide bonds. The number of hydrogen-bond acceptors (Lipinski definition) is 2. The third kappa shape index (κ3) is 2.75. The Morgan fingerprint density at radius 3 is 2.39 bits per heavy atom. The van der Waals surface area contributed by atoms with Crippen molar-refractivity contribution in [2.75, 3.05) is 13.1 Å². The van der Waals surface area contributed by atoms with E-state index in [1.165, 1.54) is 38.8 Å². The van der Waals surface area contributed by atoms with Gasteiger partial charge in [-0.05, 0) is 44.4 Å². The van der Waals surface area contributed by atoms with Crippen molar-refractivity contribution < 1.29 is 0 Å². The molecule has 2 nitrogen and oxygen atoms in total. The fraction of sp³-hybridized carbons (Fsp3) is 1.00. The molecule has 1 heterocycles. The highest BCUT2D eigenvalue weighted by Gasteiger charge is 2.46. The van der Waals surface area contributed by atoms with Crippen molar-refractivity contribution in [1.29, 1.82) is 0 Å². The molecule has 3 atom stereocenters. The zero-order chi connectivity index (χ0) is 13.3. The van der Waals surface area contributed by atoms with E-state index in [0.717, 1.165) is 23.9 Å². The average Bonchev–Trinajstić information content (AvgIpc) is 3.14. The first kappa shape index (κ1) is 14.3. The molecule has 0 aromatic rings. The fourth-order valence-corrected chi connectivity index (χ4v) is 3.88. The van der Waals surface area contributed by atoms with Crippen molar-refractivity contribution in [3.8, 4) is 0 Å². The van der Waals surface area contributed by atoms with E-state index in [1.54, 1.807) is 0 Å². The van der Waals surface area contributed by atoms with Crippen molar-refractivity contribution >= 4 is 0 Å². The molecule has 3 unspecified atom stereocenters. The molecule has 1 saturated carbocycles. The Labute approximate surface area is 114 Å². The summed E-state index contributed by atoms with van der Waals surface area (Å²) in [5.74, 6) is 1.70. The highest BCUT2D eigenvalue weighted by Crippen LogP contribution is 2.42. The predicted molar refractivity (Wildman–Crippen MR) is 78.8 cm³/mol. The predicted octanol–water partition coefficient (Wildman–Crippen LogP) is 3.27. The zero-order valence-corrected chi connectivity index (χ0v) is 13.0. The van der Waals surface area contributed by atoms with Crippen LogP contribution >= 0.6 is 0 Å². The van der Waals surface area contributed by atoms with Gasteiger partial charge in [0.05, 0.1) is 0 Å². The van der Waals surface area contributed by atoms with Crippen molar-refractivity contribution in [3.05, 3.63) is 0 Å². The van der Waals surface area contributed by atoms with Crippen molar-refractivity contribution in [1.82, 2.24) is 10.2 Å². The monoisotopic (exact) mass is 252 g/mol. The smallest absolute Gasteiger partial charge is 0.0309 e. The normalized spacial score (nSPS) is 36.0. The maximum Gasteiger partial charge on any atom is 0.0309 e. The number of hydrogen-bond donors (Lipinski definition) is 1. The summed E-state index contributed by atoms with van der Waals surface area (Å²) in [6.07, 6.45) is 5.44. The van der Waals surface area contributed by atoms with Crippen LogP contribution in [-0.2, 0) is 0 Å². The van der Waals surface area contributed by atoms with Gasteiger partial charge in [0.25, 0.3) is 0 Å². The van der Waals surface area contributed by atoms with Gasteiger partial charge in [-0.15, -0.1) is 0 Å². The molecule has 18 heavy (non-hydrogen) atoms. The number of nitrogens with one attached hydrogen (secondary N) is 1. The summed E-state index contributed by atoms with van der Waals surface area (Å²) in [5.41, 5.74) is 0.383. The fourth-order valence-electron chi connectivity index (χ4n) is 3.88. The number of piperazine rings is 1. The van der Waals surface area contributed by atoms with Gasteiger partial charge in [0.15, 0.2) is 0 Å². The highest BCUT2D eigenvalue weighted by molar-refractivity contribution is 5.05. The summed E-state index contributed by atoms with van der Waals surface area (Å²) in [5, 5.41) is 3.86. The lowest BCUT2D eigenvalue weighted by Gasteiger charge is -2.50. The third-order valence-electron chi connectivity index (χ3n) is 5.29. The molecule has 1 saturated heterocycles. The Kier molecular flexibility index (Phi) is 4.38. The molecule has 2 heteroatoms. The zero-order valence-electron chi connectivity index (χ0n) is 13.0. The Morgan fingerprint density at radius 1 is 1.28 bits per heavy atom. The van der Waals surface area contributed by atoms with Gasteiger partial charge in [-0.3, -0.25) is 4.90 Å². The minimum atomic E-state index is 0.383. The van der Waals surface area contributed by atoms with Crippen LogP contribution in [0.1, 0.15) is 60.3 Å². The minimum Gasteiger partial charge on any atom is -0.308 e. The molecule has 106 valence electrons. The molecule has 0 aromatic heterocycles. The Bertz CT molecular complexity index is 272. The number of nitrogens with zero attached hydrogens (tertiary/aromatic N) is 1. The van der Waals surface area contributed by atoms with Gasteiger partial charge in [-0.2, -0.15) is 0 Å². The summed E-state index contributed by atoms with van der Waals surface area (Å²) in [6.45, 7) is 14.4. The van der Waals surface area contributed by atoms with Crippen LogP contribution in [0.5, 0.6) is 0 Å². The van der Waals surface area contributed by atoms with Gasteiger partial charge in [-0.25, -0.2) is 0 Å². The molecule has 1 aliphatic carbocycles. The molecule has 0 radical (unpaired) electrons. The second kappa shape index (κ2) is 5.50. The quantitative estimate of drug-likeness (QED) is 0.808. The van der Waals surface area contributed by atoms with E-state index in [2.05, 4.69) is 44.8 Å². The maximum atomic E-state index is 3.86. The van der Waals surface area contributed by atoms with E-state index < -0.39 is 0 Å². The second-order valence-corrected chi connectivity index (χ2v) is 7.03. The van der Waals surface area contributed by atoms with E-state index in [0.29, 0.717) is 5.54 Å². The van der Waals surface area contributed by atoms with Gasteiger partial charge >= 0.3 is 0 Å². The van der Waals surface area contributed by atoms with E-state index in [1.807, 2.05) is 0 Å². The lowest BCUT2D eigenvalue weighted by atomic mass is 9.87. The molecule has 2 rings (SSSR count). The van der Waals surface area contributed by atoms with Crippen LogP contribution in [0, 0.1) is 11.8 Å². The molecule has 2 aliphatic rings. The van der Waals surface area contributed by atoms with Crippen LogP contribution < -0.4 is 5.32 Å². The van der Waals surface area contributed by atoms with Crippen LogP contribution in [0.25, 0.3) is 0 Å². The van der Waals surface area contributed by atoms with Crippen molar-refractivity contribution in [3.63, 3.8) is 0 Å². The Morgan fingerprint density at radius 2 is 1.94 bits per heavy atom. The molecular weight excluding hydrogens is 220 g/mol. The summed E-state index contributed by atoms with van der Waals surface area (Å²) in [6, 6.07) is 1.50. The summed E-state index contributed by atoms with van der Waals surface area (Å²) < 4.78 is 0. The molecule has 1 N–H and O–H groups in total. The molecule has 2 fully saturated rings. The lowest BCUT2D eigenvalue weighted by molar-refractivity contribution is 0.0183. The minimum absolute atomic E-state index is 0.383. The lowest BCUT2D eigenvalue weighted by Crippen LogP contribution is -2.66. The first-order chi connectivity index (χ1) is 8.51. The summed E-state index contributed by atoms with van der Waals surface area (Å²) in [4.78, 5) is 2.83. The first-order valence-electron chi connectivity index (χ1n) is 8.02. The van der Waals surface area contributed by atoms with Gasteiger partial charge < -0.3 is 5.32 Å². The second-order valence-electron chi connectivity index (χ2n) is 7.03.